The molecule has 3 heteroatoms. The molecule has 3 nitrogen and oxygen atoms in total. The monoisotopic (exact) mass is 234 g/mol. The molecule has 0 bridgehead atoms. The highest BCUT2D eigenvalue weighted by Gasteiger charge is 2.23. The zero-order chi connectivity index (χ0) is 12.3. The number of nitrogens with zero attached hydrogens (tertiary/aromatic N) is 1. The van der Waals surface area contributed by atoms with Crippen LogP contribution in [-0.2, 0) is 6.42 Å². The summed E-state index contributed by atoms with van der Waals surface area (Å²) >= 11 is 0. The number of piperidine rings is 1. The topological polar surface area (TPSA) is 49.5 Å². The lowest BCUT2D eigenvalue weighted by Gasteiger charge is -2.34. The molecule has 2 atom stereocenters. The summed E-state index contributed by atoms with van der Waals surface area (Å²) in [6.07, 6.45) is 1.77. The average molecular weight is 234 g/mol. The van der Waals surface area contributed by atoms with E-state index in [1.165, 1.54) is 5.56 Å². The molecular formula is C14H22N2O. The molecule has 0 aromatic heterocycles. The van der Waals surface area contributed by atoms with Gasteiger partial charge in [-0.3, -0.25) is 0 Å². The third kappa shape index (κ3) is 3.20. The normalized spacial score (nSPS) is 26.0. The fourth-order valence-electron chi connectivity index (χ4n) is 2.46. The summed E-state index contributed by atoms with van der Waals surface area (Å²) in [4.78, 5) is 2.42. The van der Waals surface area contributed by atoms with Gasteiger partial charge >= 0.3 is 0 Å². The van der Waals surface area contributed by atoms with Crippen LogP contribution in [0.15, 0.2) is 24.3 Å². The van der Waals surface area contributed by atoms with E-state index >= 15 is 0 Å². The van der Waals surface area contributed by atoms with Crippen LogP contribution in [0.1, 0.15) is 18.9 Å². The van der Waals surface area contributed by atoms with Gasteiger partial charge in [0.1, 0.15) is 0 Å². The van der Waals surface area contributed by atoms with Gasteiger partial charge in [-0.05, 0) is 30.4 Å². The van der Waals surface area contributed by atoms with Crippen molar-refractivity contribution in [2.75, 3.05) is 25.4 Å². The van der Waals surface area contributed by atoms with Crippen molar-refractivity contribution in [2.24, 2.45) is 5.92 Å². The van der Waals surface area contributed by atoms with E-state index in [9.17, 15) is 5.11 Å². The molecule has 0 radical (unpaired) electrons. The van der Waals surface area contributed by atoms with Gasteiger partial charge in [0.2, 0.25) is 0 Å². The zero-order valence-electron chi connectivity index (χ0n) is 10.5. The molecular weight excluding hydrogens is 212 g/mol. The van der Waals surface area contributed by atoms with Gasteiger partial charge in [0.05, 0.1) is 6.10 Å². The maximum atomic E-state index is 9.68. The SMILES string of the molecule is CC1CN(CCc2ccccc2N)CCC1O. The summed E-state index contributed by atoms with van der Waals surface area (Å²) in [5, 5.41) is 9.68. The number of hydrogen-bond acceptors (Lipinski definition) is 3. The Kier molecular flexibility index (Phi) is 4.02. The van der Waals surface area contributed by atoms with Gasteiger partial charge < -0.3 is 15.7 Å². The quantitative estimate of drug-likeness (QED) is 0.780. The second-order valence-electron chi connectivity index (χ2n) is 5.08. The van der Waals surface area contributed by atoms with Gasteiger partial charge in [-0.1, -0.05) is 25.1 Å². The summed E-state index contributed by atoms with van der Waals surface area (Å²) in [5.41, 5.74) is 8.04. The Bertz CT molecular complexity index is 367. The van der Waals surface area contributed by atoms with E-state index in [4.69, 9.17) is 5.73 Å². The molecule has 94 valence electrons. The van der Waals surface area contributed by atoms with Crippen LogP contribution < -0.4 is 5.73 Å². The van der Waals surface area contributed by atoms with E-state index < -0.39 is 0 Å². The highest BCUT2D eigenvalue weighted by atomic mass is 16.3. The number of para-hydroxylation sites is 1. The van der Waals surface area contributed by atoms with Crippen LogP contribution in [0.4, 0.5) is 5.69 Å². The molecule has 1 fully saturated rings. The van der Waals surface area contributed by atoms with Gasteiger partial charge in [0.25, 0.3) is 0 Å². The van der Waals surface area contributed by atoms with Crippen LogP contribution in [-0.4, -0.2) is 35.7 Å². The number of nitrogens with two attached hydrogens (primary N) is 1. The van der Waals surface area contributed by atoms with Crippen molar-refractivity contribution in [3.63, 3.8) is 0 Å². The fraction of sp³-hybridized carbons (Fsp3) is 0.571. The highest BCUT2D eigenvalue weighted by Crippen LogP contribution is 2.18. The Morgan fingerprint density at radius 2 is 2.18 bits per heavy atom. The summed E-state index contributed by atoms with van der Waals surface area (Å²) in [7, 11) is 0. The van der Waals surface area contributed by atoms with Crippen molar-refractivity contribution in [3.8, 4) is 0 Å². The molecule has 0 saturated carbocycles. The van der Waals surface area contributed by atoms with Crippen LogP contribution in [0.25, 0.3) is 0 Å². The Morgan fingerprint density at radius 1 is 1.41 bits per heavy atom. The molecule has 17 heavy (non-hydrogen) atoms. The average Bonchev–Trinajstić information content (AvgIpc) is 2.32. The Labute approximate surface area is 103 Å². The largest absolute Gasteiger partial charge is 0.399 e. The fourth-order valence-corrected chi connectivity index (χ4v) is 2.46. The molecule has 2 rings (SSSR count). The lowest BCUT2D eigenvalue weighted by molar-refractivity contribution is 0.0356. The van der Waals surface area contributed by atoms with Crippen LogP contribution in [0.2, 0.25) is 0 Å². The smallest absolute Gasteiger partial charge is 0.0590 e. The summed E-state index contributed by atoms with van der Waals surface area (Å²) in [6, 6.07) is 8.06. The molecule has 3 N–H and O–H groups in total. The van der Waals surface area contributed by atoms with Crippen molar-refractivity contribution < 1.29 is 5.11 Å². The number of aliphatic hydroxyl groups is 1. The first-order valence-electron chi connectivity index (χ1n) is 6.40. The molecule has 1 saturated heterocycles. The standard InChI is InChI=1S/C14H22N2O/c1-11-10-16(9-7-14(11)17)8-6-12-4-2-3-5-13(12)15/h2-5,11,14,17H,6-10,15H2,1H3. The number of anilines is 1. The van der Waals surface area contributed by atoms with Crippen molar-refractivity contribution in [1.29, 1.82) is 0 Å². The van der Waals surface area contributed by atoms with E-state index in [2.05, 4.69) is 17.9 Å². The van der Waals surface area contributed by atoms with Gasteiger partial charge in [0, 0.05) is 25.3 Å². The molecule has 1 aliphatic heterocycles. The first-order chi connectivity index (χ1) is 8.16. The van der Waals surface area contributed by atoms with Crippen molar-refractivity contribution in [2.45, 2.75) is 25.9 Å². The molecule has 1 heterocycles. The second-order valence-corrected chi connectivity index (χ2v) is 5.08. The molecule has 0 amide bonds. The zero-order valence-corrected chi connectivity index (χ0v) is 10.5. The molecule has 1 aromatic carbocycles. The van der Waals surface area contributed by atoms with Crippen molar-refractivity contribution in [1.82, 2.24) is 4.90 Å². The van der Waals surface area contributed by atoms with E-state index in [-0.39, 0.29) is 6.10 Å². The number of likely N-dealkylation sites (tertiary alicyclic amines) is 1. The van der Waals surface area contributed by atoms with E-state index in [0.717, 1.165) is 38.2 Å². The van der Waals surface area contributed by atoms with Gasteiger partial charge in [-0.15, -0.1) is 0 Å². The minimum Gasteiger partial charge on any atom is -0.399 e. The lowest BCUT2D eigenvalue weighted by atomic mass is 9.96. The van der Waals surface area contributed by atoms with Crippen molar-refractivity contribution >= 4 is 5.69 Å². The van der Waals surface area contributed by atoms with Crippen LogP contribution >= 0.6 is 0 Å². The molecule has 1 aromatic rings. The Hall–Kier alpha value is -1.06. The maximum absolute atomic E-state index is 9.68. The van der Waals surface area contributed by atoms with Gasteiger partial charge in [-0.25, -0.2) is 0 Å². The molecule has 1 aliphatic rings. The Morgan fingerprint density at radius 3 is 2.88 bits per heavy atom. The minimum absolute atomic E-state index is 0.118. The van der Waals surface area contributed by atoms with Crippen molar-refractivity contribution in [3.05, 3.63) is 29.8 Å². The molecule has 0 spiro atoms. The number of hydrogen-bond donors (Lipinski definition) is 2. The van der Waals surface area contributed by atoms with Crippen LogP contribution in [0.3, 0.4) is 0 Å². The highest BCUT2D eigenvalue weighted by molar-refractivity contribution is 5.46. The predicted molar refractivity (Wildman–Crippen MR) is 70.8 cm³/mol. The van der Waals surface area contributed by atoms with E-state index in [0.29, 0.717) is 5.92 Å². The first kappa shape index (κ1) is 12.4. The number of aliphatic hydroxyl groups excluding tert-OH is 1. The number of benzene rings is 1. The molecule has 2 unspecified atom stereocenters. The summed E-state index contributed by atoms with van der Waals surface area (Å²) in [5.74, 6) is 0.386. The van der Waals surface area contributed by atoms with E-state index in [1.807, 2.05) is 18.2 Å². The Balaban J connectivity index is 1.85. The maximum Gasteiger partial charge on any atom is 0.0590 e. The lowest BCUT2D eigenvalue weighted by Crippen LogP contribution is -2.42. The number of nitrogen functional groups attached to an aromatic ring is 1. The van der Waals surface area contributed by atoms with Crippen LogP contribution in [0.5, 0.6) is 0 Å². The molecule has 0 aliphatic carbocycles. The van der Waals surface area contributed by atoms with Gasteiger partial charge in [-0.2, -0.15) is 0 Å². The predicted octanol–water partition coefficient (Wildman–Crippen LogP) is 1.51. The second kappa shape index (κ2) is 5.52. The summed E-state index contributed by atoms with van der Waals surface area (Å²) in [6.45, 7) is 5.14. The summed E-state index contributed by atoms with van der Waals surface area (Å²) < 4.78 is 0. The van der Waals surface area contributed by atoms with Crippen LogP contribution in [0, 0.1) is 5.92 Å². The number of rotatable bonds is 3. The third-order valence-electron chi connectivity index (χ3n) is 3.70. The minimum atomic E-state index is -0.118. The first-order valence-corrected chi connectivity index (χ1v) is 6.40. The third-order valence-corrected chi connectivity index (χ3v) is 3.70. The van der Waals surface area contributed by atoms with E-state index in [1.54, 1.807) is 0 Å². The van der Waals surface area contributed by atoms with Gasteiger partial charge in [0.15, 0.2) is 0 Å².